The zero-order chi connectivity index (χ0) is 15.2. The quantitative estimate of drug-likeness (QED) is 0.828. The van der Waals surface area contributed by atoms with E-state index in [0.29, 0.717) is 35.1 Å². The van der Waals surface area contributed by atoms with Gasteiger partial charge in [-0.15, -0.1) is 12.4 Å². The molecular weight excluding hydrogens is 392 g/mol. The average molecular weight is 412 g/mol. The number of hydrogen-bond donors (Lipinski definition) is 1. The Labute approximate surface area is 145 Å². The molecule has 2 aliphatic rings. The maximum Gasteiger partial charge on any atom is 0.244 e. The molecule has 2 N–H and O–H groups in total. The van der Waals surface area contributed by atoms with Gasteiger partial charge in [-0.1, -0.05) is 0 Å². The van der Waals surface area contributed by atoms with Crippen LogP contribution in [0.4, 0.5) is 0 Å². The number of fused-ring (bicyclic) bond motifs is 1. The zero-order valence-corrected chi connectivity index (χ0v) is 15.5. The van der Waals surface area contributed by atoms with Crippen molar-refractivity contribution >= 4 is 38.4 Å². The van der Waals surface area contributed by atoms with E-state index in [-0.39, 0.29) is 23.3 Å². The summed E-state index contributed by atoms with van der Waals surface area (Å²) < 4.78 is 33.0. The van der Waals surface area contributed by atoms with Crippen LogP contribution in [-0.4, -0.2) is 39.0 Å². The third-order valence-electron chi connectivity index (χ3n) is 4.64. The highest BCUT2D eigenvalue weighted by Crippen LogP contribution is 2.40. The summed E-state index contributed by atoms with van der Waals surface area (Å²) in [7, 11) is -1.99. The molecule has 2 fully saturated rings. The van der Waals surface area contributed by atoms with Gasteiger partial charge in [0.1, 0.15) is 10.6 Å². The van der Waals surface area contributed by atoms with Crippen LogP contribution < -0.4 is 10.5 Å². The van der Waals surface area contributed by atoms with Crippen LogP contribution in [0.5, 0.6) is 5.75 Å². The highest BCUT2D eigenvalue weighted by Gasteiger charge is 2.45. The largest absolute Gasteiger partial charge is 0.497 e. The highest BCUT2D eigenvalue weighted by atomic mass is 79.9. The summed E-state index contributed by atoms with van der Waals surface area (Å²) in [5, 5.41) is 0. The first-order valence-electron chi connectivity index (χ1n) is 7.02. The SMILES string of the molecule is COc1ccc(Br)c(S(=O)(=O)N2CC3CCC(N)C3C2)c1.Cl. The fourth-order valence-electron chi connectivity index (χ4n) is 3.41. The van der Waals surface area contributed by atoms with E-state index in [0.717, 1.165) is 12.8 Å². The van der Waals surface area contributed by atoms with E-state index in [9.17, 15) is 8.42 Å². The Balaban J connectivity index is 0.00000176. The topological polar surface area (TPSA) is 72.6 Å². The third kappa shape index (κ3) is 3.01. The van der Waals surface area contributed by atoms with Crippen LogP contribution in [0.25, 0.3) is 0 Å². The lowest BCUT2D eigenvalue weighted by Gasteiger charge is -2.19. The smallest absolute Gasteiger partial charge is 0.244 e. The van der Waals surface area contributed by atoms with Crippen molar-refractivity contribution in [2.75, 3.05) is 20.2 Å². The maximum absolute atomic E-state index is 12.9. The van der Waals surface area contributed by atoms with Gasteiger partial charge in [-0.05, 0) is 52.7 Å². The molecule has 0 amide bonds. The fourth-order valence-corrected chi connectivity index (χ4v) is 5.88. The number of hydrogen-bond acceptors (Lipinski definition) is 4. The van der Waals surface area contributed by atoms with Crippen LogP contribution in [0, 0.1) is 11.8 Å². The number of benzene rings is 1. The minimum absolute atomic E-state index is 0. The van der Waals surface area contributed by atoms with E-state index in [1.807, 2.05) is 0 Å². The standard InChI is InChI=1S/C14H19BrN2O3S.ClH/c1-20-10-3-4-12(15)14(6-10)21(18,19)17-7-9-2-5-13(16)11(9)8-17;/h3-4,6,9,11,13H,2,5,7-8,16H2,1H3;1H. The summed E-state index contributed by atoms with van der Waals surface area (Å²) in [4.78, 5) is 0.260. The number of rotatable bonds is 3. The number of methoxy groups -OCH3 is 1. The van der Waals surface area contributed by atoms with Crippen molar-refractivity contribution in [3.8, 4) is 5.75 Å². The Morgan fingerprint density at radius 1 is 1.32 bits per heavy atom. The predicted molar refractivity (Wildman–Crippen MR) is 90.9 cm³/mol. The van der Waals surface area contributed by atoms with E-state index >= 15 is 0 Å². The fraction of sp³-hybridized carbons (Fsp3) is 0.571. The zero-order valence-electron chi connectivity index (χ0n) is 12.2. The molecule has 1 aliphatic heterocycles. The number of halogens is 2. The van der Waals surface area contributed by atoms with E-state index in [1.54, 1.807) is 22.5 Å². The molecule has 0 aromatic heterocycles. The summed E-state index contributed by atoms with van der Waals surface area (Å²) in [6.07, 6.45) is 2.03. The van der Waals surface area contributed by atoms with Gasteiger partial charge in [-0.25, -0.2) is 8.42 Å². The highest BCUT2D eigenvalue weighted by molar-refractivity contribution is 9.10. The molecular formula is C14H20BrClN2O3S. The molecule has 3 atom stereocenters. The molecule has 0 bridgehead atoms. The molecule has 3 unspecified atom stereocenters. The van der Waals surface area contributed by atoms with Crippen molar-refractivity contribution in [3.05, 3.63) is 22.7 Å². The van der Waals surface area contributed by atoms with E-state index < -0.39 is 10.0 Å². The molecule has 1 aliphatic carbocycles. The summed E-state index contributed by atoms with van der Waals surface area (Å²) in [6, 6.07) is 5.13. The molecule has 3 rings (SSSR count). The second kappa shape index (κ2) is 6.65. The molecule has 1 aromatic rings. The first-order valence-corrected chi connectivity index (χ1v) is 9.26. The second-order valence-electron chi connectivity index (χ2n) is 5.78. The second-order valence-corrected chi connectivity index (χ2v) is 8.54. The number of sulfonamides is 1. The minimum Gasteiger partial charge on any atom is -0.497 e. The van der Waals surface area contributed by atoms with Gasteiger partial charge < -0.3 is 10.5 Å². The maximum atomic E-state index is 12.9. The number of nitrogens with zero attached hydrogens (tertiary/aromatic N) is 1. The summed E-state index contributed by atoms with van der Waals surface area (Å²) in [5.41, 5.74) is 6.09. The predicted octanol–water partition coefficient (Wildman–Crippen LogP) is 2.24. The first kappa shape index (κ1) is 18.0. The third-order valence-corrected chi connectivity index (χ3v) is 7.46. The summed E-state index contributed by atoms with van der Waals surface area (Å²) in [5.74, 6) is 1.23. The van der Waals surface area contributed by atoms with E-state index in [4.69, 9.17) is 10.5 Å². The molecule has 5 nitrogen and oxygen atoms in total. The van der Waals surface area contributed by atoms with Gasteiger partial charge in [-0.3, -0.25) is 0 Å². The van der Waals surface area contributed by atoms with Crippen LogP contribution in [0.1, 0.15) is 12.8 Å². The molecule has 0 spiro atoms. The van der Waals surface area contributed by atoms with Crippen molar-refractivity contribution in [2.24, 2.45) is 17.6 Å². The van der Waals surface area contributed by atoms with Crippen LogP contribution in [0.3, 0.4) is 0 Å². The number of ether oxygens (including phenoxy) is 1. The van der Waals surface area contributed by atoms with Gasteiger partial charge in [0, 0.05) is 29.7 Å². The Morgan fingerprint density at radius 3 is 2.68 bits per heavy atom. The Bertz CT molecular complexity index is 655. The molecule has 1 aromatic carbocycles. The minimum atomic E-state index is -3.52. The summed E-state index contributed by atoms with van der Waals surface area (Å²) in [6.45, 7) is 1.10. The molecule has 1 saturated heterocycles. The van der Waals surface area contributed by atoms with Gasteiger partial charge in [0.2, 0.25) is 10.0 Å². The molecule has 124 valence electrons. The van der Waals surface area contributed by atoms with Crippen molar-refractivity contribution in [1.82, 2.24) is 4.31 Å². The molecule has 1 saturated carbocycles. The lowest BCUT2D eigenvalue weighted by atomic mass is 9.98. The number of nitrogens with two attached hydrogens (primary N) is 1. The average Bonchev–Trinajstić information content (AvgIpc) is 3.02. The van der Waals surface area contributed by atoms with Crippen molar-refractivity contribution in [2.45, 2.75) is 23.8 Å². The van der Waals surface area contributed by atoms with Crippen molar-refractivity contribution in [1.29, 1.82) is 0 Å². The van der Waals surface area contributed by atoms with Crippen molar-refractivity contribution in [3.63, 3.8) is 0 Å². The van der Waals surface area contributed by atoms with Crippen molar-refractivity contribution < 1.29 is 13.2 Å². The Kier molecular flexibility index (Phi) is 5.44. The van der Waals surface area contributed by atoms with Crippen LogP contribution in [-0.2, 0) is 10.0 Å². The molecule has 1 heterocycles. The van der Waals surface area contributed by atoms with Crippen LogP contribution in [0.2, 0.25) is 0 Å². The van der Waals surface area contributed by atoms with Gasteiger partial charge in [0.15, 0.2) is 0 Å². The Hall–Kier alpha value is -0.340. The van der Waals surface area contributed by atoms with Gasteiger partial charge in [0.25, 0.3) is 0 Å². The first-order chi connectivity index (χ1) is 9.93. The molecule has 0 radical (unpaired) electrons. The van der Waals surface area contributed by atoms with Gasteiger partial charge >= 0.3 is 0 Å². The molecule has 8 heteroatoms. The van der Waals surface area contributed by atoms with Crippen LogP contribution >= 0.6 is 28.3 Å². The summed E-state index contributed by atoms with van der Waals surface area (Å²) >= 11 is 3.33. The normalized spacial score (nSPS) is 28.2. The van der Waals surface area contributed by atoms with E-state index in [1.165, 1.54) is 7.11 Å². The lowest BCUT2D eigenvalue weighted by Crippen LogP contribution is -2.33. The monoisotopic (exact) mass is 410 g/mol. The van der Waals surface area contributed by atoms with Gasteiger partial charge in [-0.2, -0.15) is 4.31 Å². The molecule has 22 heavy (non-hydrogen) atoms. The van der Waals surface area contributed by atoms with Gasteiger partial charge in [0.05, 0.1) is 7.11 Å². The van der Waals surface area contributed by atoms with Crippen LogP contribution in [0.15, 0.2) is 27.6 Å². The lowest BCUT2D eigenvalue weighted by molar-refractivity contribution is 0.411. The Morgan fingerprint density at radius 2 is 2.05 bits per heavy atom. The van der Waals surface area contributed by atoms with E-state index in [2.05, 4.69) is 15.9 Å².